The Morgan fingerprint density at radius 1 is 1.12 bits per heavy atom. The fourth-order valence-corrected chi connectivity index (χ4v) is 4.09. The number of nitrogens with one attached hydrogen (secondary N) is 1. The average molecular weight is 506 g/mol. The molecule has 33 heavy (non-hydrogen) atoms. The van der Waals surface area contributed by atoms with Crippen molar-refractivity contribution in [1.29, 1.82) is 0 Å². The molecule has 2 rings (SSSR count). The number of sulfonamides is 1. The highest BCUT2D eigenvalue weighted by Crippen LogP contribution is 2.32. The fourth-order valence-electron chi connectivity index (χ4n) is 3.05. The van der Waals surface area contributed by atoms with Gasteiger partial charge in [-0.25, -0.2) is 8.42 Å². The monoisotopic (exact) mass is 505 g/mol. The second kappa shape index (κ2) is 10.4. The molecule has 0 aromatic heterocycles. The molecule has 0 saturated heterocycles. The minimum atomic E-state index is -4.70. The lowest BCUT2D eigenvalue weighted by Crippen LogP contribution is -2.50. The highest BCUT2D eigenvalue weighted by atomic mass is 35.5. The number of carbonyl (C=O) groups excluding carboxylic acids is 2. The van der Waals surface area contributed by atoms with Crippen LogP contribution in [0, 0.1) is 0 Å². The van der Waals surface area contributed by atoms with Crippen LogP contribution in [0.1, 0.15) is 18.1 Å². The van der Waals surface area contributed by atoms with Gasteiger partial charge in [0.15, 0.2) is 0 Å². The summed E-state index contributed by atoms with van der Waals surface area (Å²) in [6, 6.07) is 9.23. The third kappa shape index (κ3) is 6.84. The number of hydrogen-bond acceptors (Lipinski definition) is 4. The molecular weight excluding hydrogens is 483 g/mol. The van der Waals surface area contributed by atoms with Gasteiger partial charge in [-0.05, 0) is 36.8 Å². The lowest BCUT2D eigenvalue weighted by atomic mass is 10.1. The Kier molecular flexibility index (Phi) is 8.36. The molecule has 0 radical (unpaired) electrons. The molecule has 2 amide bonds. The van der Waals surface area contributed by atoms with Gasteiger partial charge < -0.3 is 10.2 Å². The average Bonchev–Trinajstić information content (AvgIpc) is 2.74. The Bertz CT molecular complexity index is 1130. The van der Waals surface area contributed by atoms with E-state index in [2.05, 4.69) is 5.32 Å². The number of alkyl halides is 3. The van der Waals surface area contributed by atoms with Crippen molar-refractivity contribution in [1.82, 2.24) is 10.2 Å². The molecule has 1 N–H and O–H groups in total. The molecule has 0 heterocycles. The Labute approximate surface area is 195 Å². The van der Waals surface area contributed by atoms with Crippen LogP contribution in [0.4, 0.5) is 18.9 Å². The second-order valence-corrected chi connectivity index (χ2v) is 9.54. The van der Waals surface area contributed by atoms with E-state index in [9.17, 15) is 31.2 Å². The Morgan fingerprint density at radius 3 is 2.30 bits per heavy atom. The van der Waals surface area contributed by atoms with E-state index in [4.69, 9.17) is 11.6 Å². The maximum Gasteiger partial charge on any atom is 0.416 e. The molecular formula is C21H23ClF3N3O4S. The summed E-state index contributed by atoms with van der Waals surface area (Å²) in [5, 5.41) is 2.75. The highest BCUT2D eigenvalue weighted by Gasteiger charge is 2.33. The van der Waals surface area contributed by atoms with Gasteiger partial charge in [0.1, 0.15) is 12.6 Å². The predicted octanol–water partition coefficient (Wildman–Crippen LogP) is 3.29. The summed E-state index contributed by atoms with van der Waals surface area (Å²) in [5.74, 6) is -1.31. The summed E-state index contributed by atoms with van der Waals surface area (Å²) in [6.45, 7) is 0.516. The van der Waals surface area contributed by atoms with Crippen LogP contribution in [0.15, 0.2) is 48.5 Å². The number of anilines is 1. The van der Waals surface area contributed by atoms with Crippen molar-refractivity contribution >= 4 is 39.1 Å². The largest absolute Gasteiger partial charge is 0.416 e. The van der Waals surface area contributed by atoms with Gasteiger partial charge in [0.25, 0.3) is 0 Å². The van der Waals surface area contributed by atoms with E-state index < -0.39 is 46.2 Å². The first-order valence-corrected chi connectivity index (χ1v) is 11.9. The van der Waals surface area contributed by atoms with Crippen LogP contribution in [0.25, 0.3) is 0 Å². The zero-order valence-corrected chi connectivity index (χ0v) is 19.6. The number of rotatable bonds is 8. The fraction of sp³-hybridized carbons (Fsp3) is 0.333. The van der Waals surface area contributed by atoms with Gasteiger partial charge in [0, 0.05) is 18.6 Å². The summed E-state index contributed by atoms with van der Waals surface area (Å²) in [5.41, 5.74) is -0.882. The van der Waals surface area contributed by atoms with Crippen LogP contribution in [0.2, 0.25) is 5.02 Å². The van der Waals surface area contributed by atoms with E-state index in [1.807, 2.05) is 0 Å². The summed E-state index contributed by atoms with van der Waals surface area (Å²) in [6.07, 6.45) is -3.92. The SMILES string of the molecule is CNC(=O)[C@@H](C)N(Cc1ccccc1Cl)C(=O)CN(c1cccc(C(F)(F)F)c1)S(C)(=O)=O. The smallest absolute Gasteiger partial charge is 0.357 e. The topological polar surface area (TPSA) is 86.8 Å². The molecule has 0 aliphatic rings. The standard InChI is InChI=1S/C21H23ClF3N3O4S/c1-14(20(30)26-2)27(12-15-7-4-5-10-18(15)22)19(29)13-28(33(3,31)32)17-9-6-8-16(11-17)21(23,24)25/h4-11,14H,12-13H2,1-3H3,(H,26,30)/t14-/m1/s1. The molecule has 0 spiro atoms. The third-order valence-electron chi connectivity index (χ3n) is 4.85. The van der Waals surface area contributed by atoms with Crippen LogP contribution < -0.4 is 9.62 Å². The van der Waals surface area contributed by atoms with E-state index >= 15 is 0 Å². The molecule has 2 aromatic rings. The minimum Gasteiger partial charge on any atom is -0.357 e. The zero-order valence-electron chi connectivity index (χ0n) is 18.1. The number of nitrogens with zero attached hydrogens (tertiary/aromatic N) is 2. The molecule has 7 nitrogen and oxygen atoms in total. The van der Waals surface area contributed by atoms with Crippen molar-refractivity contribution in [3.8, 4) is 0 Å². The maximum absolute atomic E-state index is 13.2. The molecule has 12 heteroatoms. The summed E-state index contributed by atoms with van der Waals surface area (Å²) >= 11 is 6.17. The molecule has 0 aliphatic heterocycles. The third-order valence-corrected chi connectivity index (χ3v) is 6.36. The second-order valence-electron chi connectivity index (χ2n) is 7.22. The summed E-state index contributed by atoms with van der Waals surface area (Å²) in [4.78, 5) is 26.6. The van der Waals surface area contributed by atoms with E-state index in [-0.39, 0.29) is 12.2 Å². The molecule has 0 saturated carbocycles. The number of halogens is 4. The maximum atomic E-state index is 13.2. The van der Waals surface area contributed by atoms with Crippen molar-refractivity contribution < 1.29 is 31.2 Å². The van der Waals surface area contributed by atoms with Gasteiger partial charge in [-0.2, -0.15) is 13.2 Å². The first kappa shape index (κ1) is 26.5. The summed E-state index contributed by atoms with van der Waals surface area (Å²) < 4.78 is 64.8. The van der Waals surface area contributed by atoms with Crippen molar-refractivity contribution in [2.45, 2.75) is 25.7 Å². The van der Waals surface area contributed by atoms with Crippen LogP contribution in [-0.2, 0) is 32.3 Å². The van der Waals surface area contributed by atoms with Crippen molar-refractivity contribution in [3.63, 3.8) is 0 Å². The highest BCUT2D eigenvalue weighted by molar-refractivity contribution is 7.92. The Balaban J connectivity index is 2.45. The predicted molar refractivity (Wildman–Crippen MR) is 119 cm³/mol. The molecule has 1 atom stereocenters. The van der Waals surface area contributed by atoms with Crippen molar-refractivity contribution in [2.24, 2.45) is 0 Å². The Hall–Kier alpha value is -2.79. The van der Waals surface area contributed by atoms with Crippen LogP contribution >= 0.6 is 11.6 Å². The molecule has 2 aromatic carbocycles. The van der Waals surface area contributed by atoms with Gasteiger partial charge in [0.05, 0.1) is 17.5 Å². The normalized spacial score (nSPS) is 12.7. The number of amides is 2. The van der Waals surface area contributed by atoms with Gasteiger partial charge in [-0.15, -0.1) is 0 Å². The van der Waals surface area contributed by atoms with Crippen molar-refractivity contribution in [2.75, 3.05) is 24.2 Å². The quantitative estimate of drug-likeness (QED) is 0.596. The molecule has 0 aliphatic carbocycles. The van der Waals surface area contributed by atoms with Gasteiger partial charge in [-0.1, -0.05) is 35.9 Å². The first-order chi connectivity index (χ1) is 15.3. The number of likely N-dealkylation sites (N-methyl/N-ethyl adjacent to an activating group) is 1. The van der Waals surface area contributed by atoms with E-state index in [0.717, 1.165) is 29.4 Å². The van der Waals surface area contributed by atoms with Crippen molar-refractivity contribution in [3.05, 3.63) is 64.7 Å². The summed E-state index contributed by atoms with van der Waals surface area (Å²) in [7, 11) is -2.77. The molecule has 0 unspecified atom stereocenters. The number of carbonyl (C=O) groups is 2. The minimum absolute atomic E-state index is 0.118. The molecule has 0 bridgehead atoms. The van der Waals surface area contributed by atoms with Gasteiger partial charge >= 0.3 is 6.18 Å². The van der Waals surface area contributed by atoms with E-state index in [1.165, 1.54) is 14.0 Å². The molecule has 180 valence electrons. The van der Waals surface area contributed by atoms with Crippen LogP contribution in [-0.4, -0.2) is 51.0 Å². The Morgan fingerprint density at radius 2 is 1.76 bits per heavy atom. The van der Waals surface area contributed by atoms with Crippen LogP contribution in [0.3, 0.4) is 0 Å². The van der Waals surface area contributed by atoms with Gasteiger partial charge in [-0.3, -0.25) is 13.9 Å². The van der Waals surface area contributed by atoms with Crippen LogP contribution in [0.5, 0.6) is 0 Å². The van der Waals surface area contributed by atoms with Gasteiger partial charge in [0.2, 0.25) is 21.8 Å². The first-order valence-electron chi connectivity index (χ1n) is 9.65. The molecule has 0 fully saturated rings. The lowest BCUT2D eigenvalue weighted by Gasteiger charge is -2.31. The number of hydrogen-bond donors (Lipinski definition) is 1. The zero-order chi connectivity index (χ0) is 25.0. The lowest BCUT2D eigenvalue weighted by molar-refractivity contribution is -0.139. The van der Waals surface area contributed by atoms with E-state index in [1.54, 1.807) is 24.3 Å². The van der Waals surface area contributed by atoms with E-state index in [0.29, 0.717) is 21.0 Å². The number of benzene rings is 2.